The molecule has 110 valence electrons. The molecular formula is C15H22N2O3. The van der Waals surface area contributed by atoms with Crippen molar-refractivity contribution in [3.05, 3.63) is 28.8 Å². The summed E-state index contributed by atoms with van der Waals surface area (Å²) >= 11 is 0. The van der Waals surface area contributed by atoms with Gasteiger partial charge in [-0.1, -0.05) is 17.7 Å². The van der Waals surface area contributed by atoms with E-state index in [4.69, 9.17) is 4.74 Å². The van der Waals surface area contributed by atoms with Gasteiger partial charge in [-0.3, -0.25) is 9.59 Å². The number of carbonyl (C=O) groups excluding carboxylic acids is 2. The van der Waals surface area contributed by atoms with Gasteiger partial charge in [-0.05, 0) is 19.4 Å². The van der Waals surface area contributed by atoms with Gasteiger partial charge in [0.05, 0.1) is 13.5 Å². The Bertz CT molecular complexity index is 498. The highest BCUT2D eigenvalue weighted by Gasteiger charge is 2.11. The van der Waals surface area contributed by atoms with Crippen LogP contribution >= 0.6 is 0 Å². The lowest BCUT2D eigenvalue weighted by Gasteiger charge is -2.13. The molecule has 0 unspecified atom stereocenters. The Kier molecular flexibility index (Phi) is 6.03. The van der Waals surface area contributed by atoms with Gasteiger partial charge in [-0.25, -0.2) is 0 Å². The second-order valence-corrected chi connectivity index (χ2v) is 4.78. The molecule has 0 atom stereocenters. The van der Waals surface area contributed by atoms with Gasteiger partial charge in [-0.2, -0.15) is 0 Å². The van der Waals surface area contributed by atoms with E-state index in [9.17, 15) is 9.59 Å². The second-order valence-electron chi connectivity index (χ2n) is 4.78. The van der Waals surface area contributed by atoms with E-state index in [1.165, 1.54) is 6.92 Å². The molecule has 0 radical (unpaired) electrons. The van der Waals surface area contributed by atoms with E-state index in [-0.39, 0.29) is 18.2 Å². The summed E-state index contributed by atoms with van der Waals surface area (Å²) in [5.74, 6) is 0.571. The predicted octanol–water partition coefficient (Wildman–Crippen LogP) is 1.11. The van der Waals surface area contributed by atoms with E-state index >= 15 is 0 Å². The highest BCUT2D eigenvalue weighted by Crippen LogP contribution is 2.25. The lowest BCUT2D eigenvalue weighted by atomic mass is 10.0. The van der Waals surface area contributed by atoms with Crippen LogP contribution in [0.25, 0.3) is 0 Å². The van der Waals surface area contributed by atoms with E-state index in [0.29, 0.717) is 13.1 Å². The Morgan fingerprint density at radius 2 is 1.80 bits per heavy atom. The van der Waals surface area contributed by atoms with Crippen molar-refractivity contribution in [1.29, 1.82) is 0 Å². The molecule has 5 nitrogen and oxygen atoms in total. The van der Waals surface area contributed by atoms with Crippen LogP contribution < -0.4 is 15.4 Å². The predicted molar refractivity (Wildman–Crippen MR) is 77.9 cm³/mol. The highest BCUT2D eigenvalue weighted by molar-refractivity contribution is 5.79. The van der Waals surface area contributed by atoms with Crippen LogP contribution in [0, 0.1) is 13.8 Å². The van der Waals surface area contributed by atoms with Crippen molar-refractivity contribution in [3.8, 4) is 5.75 Å². The largest absolute Gasteiger partial charge is 0.496 e. The molecule has 2 N–H and O–H groups in total. The monoisotopic (exact) mass is 278 g/mol. The molecule has 0 spiro atoms. The molecule has 0 heterocycles. The molecule has 20 heavy (non-hydrogen) atoms. The van der Waals surface area contributed by atoms with Crippen molar-refractivity contribution in [2.75, 3.05) is 20.2 Å². The summed E-state index contributed by atoms with van der Waals surface area (Å²) in [4.78, 5) is 22.6. The third kappa shape index (κ3) is 4.91. The standard InChI is InChI=1S/C15H22N2O3/c1-10-7-11(2)15(20-4)13(8-10)9-14(19)17-6-5-16-12(3)18/h7-8H,5-6,9H2,1-4H3,(H,16,18)(H,17,19). The summed E-state index contributed by atoms with van der Waals surface area (Å²) in [6.45, 7) is 6.26. The highest BCUT2D eigenvalue weighted by atomic mass is 16.5. The van der Waals surface area contributed by atoms with Crippen LogP contribution in [0.2, 0.25) is 0 Å². The smallest absolute Gasteiger partial charge is 0.224 e. The topological polar surface area (TPSA) is 67.4 Å². The fourth-order valence-corrected chi connectivity index (χ4v) is 2.14. The fourth-order valence-electron chi connectivity index (χ4n) is 2.14. The molecule has 1 rings (SSSR count). The first-order valence-corrected chi connectivity index (χ1v) is 6.59. The number of carbonyl (C=O) groups is 2. The van der Waals surface area contributed by atoms with Crippen LogP contribution in [-0.2, 0) is 16.0 Å². The average molecular weight is 278 g/mol. The van der Waals surface area contributed by atoms with Gasteiger partial charge >= 0.3 is 0 Å². The van der Waals surface area contributed by atoms with Crippen molar-refractivity contribution in [1.82, 2.24) is 10.6 Å². The van der Waals surface area contributed by atoms with Gasteiger partial charge in [0.15, 0.2) is 0 Å². The molecule has 0 saturated heterocycles. The normalized spacial score (nSPS) is 10.0. The van der Waals surface area contributed by atoms with Crippen LogP contribution in [0.4, 0.5) is 0 Å². The molecule has 5 heteroatoms. The molecule has 0 aliphatic heterocycles. The number of nitrogens with one attached hydrogen (secondary N) is 2. The molecule has 0 fully saturated rings. The molecule has 1 aromatic carbocycles. The molecule has 0 aromatic heterocycles. The molecular weight excluding hydrogens is 256 g/mol. The Morgan fingerprint density at radius 3 is 2.40 bits per heavy atom. The molecule has 0 saturated carbocycles. The van der Waals surface area contributed by atoms with E-state index < -0.39 is 0 Å². The first kappa shape index (κ1) is 16.0. The van der Waals surface area contributed by atoms with Crippen molar-refractivity contribution in [2.24, 2.45) is 0 Å². The Hall–Kier alpha value is -2.04. The van der Waals surface area contributed by atoms with E-state index in [2.05, 4.69) is 10.6 Å². The Morgan fingerprint density at radius 1 is 1.15 bits per heavy atom. The van der Waals surface area contributed by atoms with Gasteiger partial charge < -0.3 is 15.4 Å². The van der Waals surface area contributed by atoms with Crippen molar-refractivity contribution in [2.45, 2.75) is 27.2 Å². The molecule has 1 aromatic rings. The lowest BCUT2D eigenvalue weighted by molar-refractivity contribution is -0.121. The van der Waals surface area contributed by atoms with Crippen molar-refractivity contribution >= 4 is 11.8 Å². The van der Waals surface area contributed by atoms with Crippen LogP contribution in [0.3, 0.4) is 0 Å². The molecule has 2 amide bonds. The van der Waals surface area contributed by atoms with Gasteiger partial charge in [0, 0.05) is 25.6 Å². The number of hydrogen-bond donors (Lipinski definition) is 2. The summed E-state index contributed by atoms with van der Waals surface area (Å²) in [5, 5.41) is 5.39. The summed E-state index contributed by atoms with van der Waals surface area (Å²) < 4.78 is 5.35. The maximum atomic E-state index is 11.9. The zero-order valence-corrected chi connectivity index (χ0v) is 12.5. The van der Waals surface area contributed by atoms with E-state index in [0.717, 1.165) is 22.4 Å². The molecule has 0 aliphatic rings. The first-order valence-electron chi connectivity index (χ1n) is 6.59. The quantitative estimate of drug-likeness (QED) is 0.766. The maximum absolute atomic E-state index is 11.9. The van der Waals surface area contributed by atoms with Crippen LogP contribution in [0.5, 0.6) is 5.75 Å². The second kappa shape index (κ2) is 7.53. The third-order valence-electron chi connectivity index (χ3n) is 2.87. The van der Waals surface area contributed by atoms with Gasteiger partial charge in [0.1, 0.15) is 5.75 Å². The number of benzene rings is 1. The molecule has 0 aliphatic carbocycles. The number of rotatable bonds is 6. The minimum absolute atomic E-state index is 0.0846. The summed E-state index contributed by atoms with van der Waals surface area (Å²) in [6.07, 6.45) is 0.270. The summed E-state index contributed by atoms with van der Waals surface area (Å²) in [6, 6.07) is 3.98. The van der Waals surface area contributed by atoms with Gasteiger partial charge in [0.2, 0.25) is 11.8 Å². The van der Waals surface area contributed by atoms with Crippen LogP contribution in [0.1, 0.15) is 23.6 Å². The van der Waals surface area contributed by atoms with Crippen LogP contribution in [0.15, 0.2) is 12.1 Å². The number of amides is 2. The zero-order chi connectivity index (χ0) is 15.1. The maximum Gasteiger partial charge on any atom is 0.224 e. The Labute approximate surface area is 119 Å². The number of methoxy groups -OCH3 is 1. The fraction of sp³-hybridized carbons (Fsp3) is 0.467. The number of aryl methyl sites for hydroxylation is 2. The van der Waals surface area contributed by atoms with E-state index in [1.807, 2.05) is 26.0 Å². The third-order valence-corrected chi connectivity index (χ3v) is 2.87. The summed E-state index contributed by atoms with van der Waals surface area (Å²) in [5.41, 5.74) is 3.00. The summed E-state index contributed by atoms with van der Waals surface area (Å²) in [7, 11) is 1.61. The first-order chi connectivity index (χ1) is 9.43. The van der Waals surface area contributed by atoms with Crippen LogP contribution in [-0.4, -0.2) is 32.0 Å². The number of hydrogen-bond acceptors (Lipinski definition) is 3. The lowest BCUT2D eigenvalue weighted by Crippen LogP contribution is -2.34. The van der Waals surface area contributed by atoms with Gasteiger partial charge in [-0.15, -0.1) is 0 Å². The average Bonchev–Trinajstić information content (AvgIpc) is 2.34. The number of ether oxygens (including phenoxy) is 1. The van der Waals surface area contributed by atoms with Gasteiger partial charge in [0.25, 0.3) is 0 Å². The Balaban J connectivity index is 2.59. The van der Waals surface area contributed by atoms with E-state index in [1.54, 1.807) is 7.11 Å². The van der Waals surface area contributed by atoms with Crippen molar-refractivity contribution in [3.63, 3.8) is 0 Å². The minimum atomic E-state index is -0.102. The minimum Gasteiger partial charge on any atom is -0.496 e. The SMILES string of the molecule is COc1c(C)cc(C)cc1CC(=O)NCCNC(C)=O. The molecule has 0 bridgehead atoms. The van der Waals surface area contributed by atoms with Crippen molar-refractivity contribution < 1.29 is 14.3 Å². The zero-order valence-electron chi connectivity index (χ0n) is 12.5.